The molecule has 1 amide bonds. The molecule has 0 saturated carbocycles. The van der Waals surface area contributed by atoms with E-state index in [-0.39, 0.29) is 5.91 Å². The maximum Gasteiger partial charge on any atom is 0.226 e. The van der Waals surface area contributed by atoms with E-state index in [2.05, 4.69) is 26.7 Å². The number of carbonyl (C=O) groups is 1. The van der Waals surface area contributed by atoms with Gasteiger partial charge in [-0.1, -0.05) is 30.3 Å². The SMILES string of the molecule is CC(C)(CCl)C(=O)NCC1CCN(c2nc(Cc3ccccc3)ns2)CC1. The van der Waals surface area contributed by atoms with Gasteiger partial charge in [0.25, 0.3) is 0 Å². The first-order chi connectivity index (χ1) is 13.0. The van der Waals surface area contributed by atoms with Crippen LogP contribution in [0.25, 0.3) is 0 Å². The molecule has 0 spiro atoms. The number of halogens is 1. The van der Waals surface area contributed by atoms with Crippen LogP contribution in [-0.4, -0.2) is 40.8 Å². The lowest BCUT2D eigenvalue weighted by Crippen LogP contribution is -2.43. The maximum atomic E-state index is 12.2. The van der Waals surface area contributed by atoms with Crippen molar-refractivity contribution in [3.63, 3.8) is 0 Å². The van der Waals surface area contributed by atoms with Gasteiger partial charge in [0.2, 0.25) is 11.0 Å². The standard InChI is InChI=1S/C20H27ClN4OS/c1-20(2,14-21)18(26)22-13-16-8-10-25(11-9-16)19-23-17(24-27-19)12-15-6-4-3-5-7-15/h3-7,16H,8-14H2,1-2H3,(H,22,26). The molecule has 7 heteroatoms. The minimum absolute atomic E-state index is 0.0367. The Morgan fingerprint density at radius 2 is 2.00 bits per heavy atom. The van der Waals surface area contributed by atoms with E-state index in [1.807, 2.05) is 32.0 Å². The fraction of sp³-hybridized carbons (Fsp3) is 0.550. The normalized spacial score (nSPS) is 15.7. The number of anilines is 1. The smallest absolute Gasteiger partial charge is 0.226 e. The summed E-state index contributed by atoms with van der Waals surface area (Å²) >= 11 is 7.35. The summed E-state index contributed by atoms with van der Waals surface area (Å²) in [5.41, 5.74) is 0.723. The number of carbonyl (C=O) groups excluding carboxylic acids is 1. The summed E-state index contributed by atoms with van der Waals surface area (Å²) in [6, 6.07) is 10.3. The minimum Gasteiger partial charge on any atom is -0.355 e. The highest BCUT2D eigenvalue weighted by atomic mass is 35.5. The molecule has 2 aromatic rings. The average Bonchev–Trinajstić information content (AvgIpc) is 3.15. The number of nitrogens with one attached hydrogen (secondary N) is 1. The van der Waals surface area contributed by atoms with Crippen LogP contribution >= 0.6 is 23.1 Å². The highest BCUT2D eigenvalue weighted by Gasteiger charge is 2.28. The van der Waals surface area contributed by atoms with Crippen LogP contribution in [-0.2, 0) is 11.2 Å². The summed E-state index contributed by atoms with van der Waals surface area (Å²) in [5, 5.41) is 4.07. The third kappa shape index (κ3) is 5.42. The molecule has 1 aromatic carbocycles. The molecule has 5 nitrogen and oxygen atoms in total. The summed E-state index contributed by atoms with van der Waals surface area (Å²) in [6.07, 6.45) is 2.88. The lowest BCUT2D eigenvalue weighted by molar-refractivity contribution is -0.128. The molecule has 0 radical (unpaired) electrons. The maximum absolute atomic E-state index is 12.2. The molecular formula is C20H27ClN4OS. The first-order valence-corrected chi connectivity index (χ1v) is 10.7. The summed E-state index contributed by atoms with van der Waals surface area (Å²) in [5.74, 6) is 1.76. The minimum atomic E-state index is -0.510. The molecule has 2 heterocycles. The summed E-state index contributed by atoms with van der Waals surface area (Å²) in [7, 11) is 0. The van der Waals surface area contributed by atoms with Crippen molar-refractivity contribution in [2.45, 2.75) is 33.1 Å². The van der Waals surface area contributed by atoms with Crippen molar-refractivity contribution in [3.05, 3.63) is 41.7 Å². The van der Waals surface area contributed by atoms with Gasteiger partial charge in [-0.05, 0) is 38.2 Å². The van der Waals surface area contributed by atoms with Gasteiger partial charge < -0.3 is 10.2 Å². The quantitative estimate of drug-likeness (QED) is 0.712. The van der Waals surface area contributed by atoms with Gasteiger partial charge in [0, 0.05) is 43.5 Å². The Morgan fingerprint density at radius 1 is 1.30 bits per heavy atom. The number of hydrogen-bond donors (Lipinski definition) is 1. The molecule has 146 valence electrons. The van der Waals surface area contributed by atoms with Gasteiger partial charge in [-0.25, -0.2) is 4.98 Å². The predicted octanol–water partition coefficient (Wildman–Crippen LogP) is 3.73. The van der Waals surface area contributed by atoms with Crippen molar-refractivity contribution in [1.82, 2.24) is 14.7 Å². The van der Waals surface area contributed by atoms with E-state index in [1.165, 1.54) is 17.1 Å². The van der Waals surface area contributed by atoms with Gasteiger partial charge in [0.15, 0.2) is 0 Å². The molecule has 1 aliphatic heterocycles. The van der Waals surface area contributed by atoms with E-state index in [9.17, 15) is 4.79 Å². The van der Waals surface area contributed by atoms with Crippen molar-refractivity contribution in [1.29, 1.82) is 0 Å². The van der Waals surface area contributed by atoms with E-state index in [1.54, 1.807) is 0 Å². The zero-order chi connectivity index (χ0) is 19.3. The van der Waals surface area contributed by atoms with Gasteiger partial charge in [-0.15, -0.1) is 11.6 Å². The number of alkyl halides is 1. The molecule has 0 atom stereocenters. The fourth-order valence-electron chi connectivity index (χ4n) is 3.09. The Kier molecular flexibility index (Phi) is 6.71. The van der Waals surface area contributed by atoms with Gasteiger partial charge in [0.1, 0.15) is 5.82 Å². The number of rotatable bonds is 7. The average molecular weight is 407 g/mol. The van der Waals surface area contributed by atoms with Gasteiger partial charge >= 0.3 is 0 Å². The second-order valence-electron chi connectivity index (χ2n) is 7.81. The summed E-state index contributed by atoms with van der Waals surface area (Å²) < 4.78 is 4.52. The number of piperidine rings is 1. The van der Waals surface area contributed by atoms with Crippen molar-refractivity contribution in [2.75, 3.05) is 30.4 Å². The highest BCUT2D eigenvalue weighted by molar-refractivity contribution is 7.09. The van der Waals surface area contributed by atoms with Crippen LogP contribution in [0, 0.1) is 11.3 Å². The lowest BCUT2D eigenvalue weighted by atomic mass is 9.93. The van der Waals surface area contributed by atoms with Gasteiger partial charge in [-0.3, -0.25) is 4.79 Å². The predicted molar refractivity (Wildman–Crippen MR) is 112 cm³/mol. The third-order valence-electron chi connectivity index (χ3n) is 5.05. The topological polar surface area (TPSA) is 58.1 Å². The molecule has 1 aromatic heterocycles. The molecule has 27 heavy (non-hydrogen) atoms. The second-order valence-corrected chi connectivity index (χ2v) is 8.81. The van der Waals surface area contributed by atoms with Crippen molar-refractivity contribution >= 4 is 34.2 Å². The molecule has 1 N–H and O–H groups in total. The lowest BCUT2D eigenvalue weighted by Gasteiger charge is -2.32. The number of benzene rings is 1. The Bertz CT molecular complexity index is 741. The Hall–Kier alpha value is -1.66. The Balaban J connectivity index is 1.46. The molecule has 0 bridgehead atoms. The Labute approximate surface area is 170 Å². The van der Waals surface area contributed by atoms with Crippen LogP contribution in [0.5, 0.6) is 0 Å². The molecule has 3 rings (SSSR count). The number of nitrogens with zero attached hydrogens (tertiary/aromatic N) is 3. The molecule has 1 aliphatic rings. The monoisotopic (exact) mass is 406 g/mol. The van der Waals surface area contributed by atoms with Gasteiger partial charge in [0.05, 0.1) is 5.41 Å². The largest absolute Gasteiger partial charge is 0.355 e. The number of hydrogen-bond acceptors (Lipinski definition) is 5. The van der Waals surface area contributed by atoms with E-state index in [4.69, 9.17) is 16.6 Å². The van der Waals surface area contributed by atoms with Crippen LogP contribution in [0.2, 0.25) is 0 Å². The molecule has 1 saturated heterocycles. The second kappa shape index (κ2) is 9.02. The Morgan fingerprint density at radius 3 is 2.67 bits per heavy atom. The number of amides is 1. The van der Waals surface area contributed by atoms with Crippen LogP contribution in [0.15, 0.2) is 30.3 Å². The van der Waals surface area contributed by atoms with E-state index in [0.29, 0.717) is 11.8 Å². The van der Waals surface area contributed by atoms with Crippen molar-refractivity contribution in [2.24, 2.45) is 11.3 Å². The first-order valence-electron chi connectivity index (χ1n) is 9.43. The molecule has 1 fully saturated rings. The van der Waals surface area contributed by atoms with Crippen molar-refractivity contribution in [3.8, 4) is 0 Å². The fourth-order valence-corrected chi connectivity index (χ4v) is 3.95. The zero-order valence-electron chi connectivity index (χ0n) is 15.9. The van der Waals surface area contributed by atoms with E-state index >= 15 is 0 Å². The van der Waals surface area contributed by atoms with Crippen LogP contribution in [0.1, 0.15) is 38.1 Å². The van der Waals surface area contributed by atoms with Gasteiger partial charge in [-0.2, -0.15) is 4.37 Å². The number of aromatic nitrogens is 2. The first kappa shape index (κ1) is 20.1. The molecule has 0 aliphatic carbocycles. The molecular weight excluding hydrogens is 380 g/mol. The van der Waals surface area contributed by atoms with Crippen LogP contribution in [0.3, 0.4) is 0 Å². The highest BCUT2D eigenvalue weighted by Crippen LogP contribution is 2.25. The van der Waals surface area contributed by atoms with Crippen LogP contribution < -0.4 is 10.2 Å². The van der Waals surface area contributed by atoms with Crippen molar-refractivity contribution < 1.29 is 4.79 Å². The molecule has 0 unspecified atom stereocenters. The summed E-state index contributed by atoms with van der Waals surface area (Å²) in [6.45, 7) is 6.39. The van der Waals surface area contributed by atoms with Crippen LogP contribution in [0.4, 0.5) is 5.13 Å². The summed E-state index contributed by atoms with van der Waals surface area (Å²) in [4.78, 5) is 19.2. The van der Waals surface area contributed by atoms with E-state index < -0.39 is 5.41 Å². The third-order valence-corrected chi connectivity index (χ3v) is 6.53. The zero-order valence-corrected chi connectivity index (χ0v) is 17.5. The van der Waals surface area contributed by atoms with E-state index in [0.717, 1.165) is 49.9 Å².